The van der Waals surface area contributed by atoms with Crippen molar-refractivity contribution in [3.63, 3.8) is 0 Å². The normalized spacial score (nSPS) is 18.5. The van der Waals surface area contributed by atoms with Gasteiger partial charge in [-0.3, -0.25) is 0 Å². The van der Waals surface area contributed by atoms with E-state index in [2.05, 4.69) is 44.3 Å². The Bertz CT molecular complexity index is 370. The lowest BCUT2D eigenvalue weighted by Crippen LogP contribution is -2.24. The van der Waals surface area contributed by atoms with Crippen molar-refractivity contribution in [2.75, 3.05) is 6.54 Å². The minimum absolute atomic E-state index is 0.548. The highest BCUT2D eigenvalue weighted by atomic mass is 14.9. The molecule has 1 aromatic carbocycles. The summed E-state index contributed by atoms with van der Waals surface area (Å²) in [6.45, 7) is 7.70. The van der Waals surface area contributed by atoms with E-state index in [-0.39, 0.29) is 0 Å². The third kappa shape index (κ3) is 4.35. The zero-order chi connectivity index (χ0) is 13.7. The van der Waals surface area contributed by atoms with Gasteiger partial charge in [0, 0.05) is 6.04 Å². The Balaban J connectivity index is 2.09. The maximum atomic E-state index is 3.70. The van der Waals surface area contributed by atoms with Crippen molar-refractivity contribution in [1.82, 2.24) is 5.32 Å². The molecule has 1 heteroatoms. The van der Waals surface area contributed by atoms with Crippen molar-refractivity contribution >= 4 is 0 Å². The molecule has 1 aliphatic rings. The van der Waals surface area contributed by atoms with Crippen LogP contribution in [0.15, 0.2) is 18.2 Å². The molecular weight excluding hydrogens is 230 g/mol. The Labute approximate surface area is 118 Å². The molecule has 0 spiro atoms. The van der Waals surface area contributed by atoms with E-state index in [0.29, 0.717) is 6.04 Å². The largest absolute Gasteiger partial charge is 0.310 e. The molecule has 1 aromatic rings. The van der Waals surface area contributed by atoms with E-state index in [1.54, 1.807) is 0 Å². The summed E-state index contributed by atoms with van der Waals surface area (Å²) < 4.78 is 0. The number of rotatable bonds is 5. The van der Waals surface area contributed by atoms with Gasteiger partial charge in [-0.2, -0.15) is 0 Å². The molecule has 1 fully saturated rings. The molecule has 1 saturated carbocycles. The van der Waals surface area contributed by atoms with Crippen molar-refractivity contribution in [3.8, 4) is 0 Å². The zero-order valence-electron chi connectivity index (χ0n) is 12.8. The SMILES string of the molecule is CCNC(CC1CCCCC1)c1cc(C)cc(C)c1. The van der Waals surface area contributed by atoms with Gasteiger partial charge in [-0.25, -0.2) is 0 Å². The first kappa shape index (κ1) is 14.6. The van der Waals surface area contributed by atoms with E-state index < -0.39 is 0 Å². The van der Waals surface area contributed by atoms with Crippen LogP contribution in [-0.4, -0.2) is 6.54 Å². The van der Waals surface area contributed by atoms with E-state index in [1.165, 1.54) is 55.2 Å². The topological polar surface area (TPSA) is 12.0 Å². The molecule has 0 aliphatic heterocycles. The molecule has 0 amide bonds. The molecule has 0 bridgehead atoms. The monoisotopic (exact) mass is 259 g/mol. The first-order valence-electron chi connectivity index (χ1n) is 8.00. The van der Waals surface area contributed by atoms with Gasteiger partial charge in [-0.05, 0) is 38.3 Å². The van der Waals surface area contributed by atoms with Gasteiger partial charge in [0.2, 0.25) is 0 Å². The molecule has 1 aliphatic carbocycles. The number of aryl methyl sites for hydroxylation is 2. The average molecular weight is 259 g/mol. The third-order valence-electron chi connectivity index (χ3n) is 4.39. The lowest BCUT2D eigenvalue weighted by molar-refractivity contribution is 0.301. The molecule has 0 heterocycles. The van der Waals surface area contributed by atoms with Crippen molar-refractivity contribution in [2.45, 2.75) is 65.3 Å². The minimum Gasteiger partial charge on any atom is -0.310 e. The molecule has 0 saturated heterocycles. The summed E-state index contributed by atoms with van der Waals surface area (Å²) in [6.07, 6.45) is 8.52. The first-order valence-corrected chi connectivity index (χ1v) is 8.00. The van der Waals surface area contributed by atoms with E-state index >= 15 is 0 Å². The van der Waals surface area contributed by atoms with Crippen LogP contribution in [0.2, 0.25) is 0 Å². The Kier molecular flexibility index (Phi) is 5.45. The summed E-state index contributed by atoms with van der Waals surface area (Å²) in [4.78, 5) is 0. The third-order valence-corrected chi connectivity index (χ3v) is 4.39. The second-order valence-corrected chi connectivity index (χ2v) is 6.27. The summed E-state index contributed by atoms with van der Waals surface area (Å²) in [5.74, 6) is 0.929. The number of hydrogen-bond acceptors (Lipinski definition) is 1. The summed E-state index contributed by atoms with van der Waals surface area (Å²) in [5, 5.41) is 3.70. The molecule has 1 atom stereocenters. The van der Waals surface area contributed by atoms with Crippen LogP contribution in [-0.2, 0) is 0 Å². The number of benzene rings is 1. The first-order chi connectivity index (χ1) is 9.19. The Morgan fingerprint density at radius 3 is 2.26 bits per heavy atom. The highest BCUT2D eigenvalue weighted by Gasteiger charge is 2.19. The van der Waals surface area contributed by atoms with Crippen LogP contribution < -0.4 is 5.32 Å². The standard InChI is InChI=1S/C18H29N/c1-4-19-18(13-16-8-6-5-7-9-16)17-11-14(2)10-15(3)12-17/h10-12,16,18-19H,4-9,13H2,1-3H3. The molecular formula is C18H29N. The second-order valence-electron chi connectivity index (χ2n) is 6.27. The Morgan fingerprint density at radius 1 is 1.05 bits per heavy atom. The van der Waals surface area contributed by atoms with E-state index in [1.807, 2.05) is 0 Å². The molecule has 0 aromatic heterocycles. The van der Waals surface area contributed by atoms with E-state index in [4.69, 9.17) is 0 Å². The van der Waals surface area contributed by atoms with Crippen molar-refractivity contribution in [1.29, 1.82) is 0 Å². The molecule has 0 radical (unpaired) electrons. The van der Waals surface area contributed by atoms with Crippen LogP contribution in [0.5, 0.6) is 0 Å². The Hall–Kier alpha value is -0.820. The summed E-state index contributed by atoms with van der Waals surface area (Å²) >= 11 is 0. The minimum atomic E-state index is 0.548. The molecule has 1 unspecified atom stereocenters. The van der Waals surface area contributed by atoms with Gasteiger partial charge < -0.3 is 5.32 Å². The average Bonchev–Trinajstić information content (AvgIpc) is 2.38. The fourth-order valence-corrected chi connectivity index (χ4v) is 3.55. The van der Waals surface area contributed by atoms with Gasteiger partial charge in [0.1, 0.15) is 0 Å². The predicted octanol–water partition coefficient (Wildman–Crippen LogP) is 4.92. The fourth-order valence-electron chi connectivity index (χ4n) is 3.55. The van der Waals surface area contributed by atoms with Crippen LogP contribution in [0.3, 0.4) is 0 Å². The van der Waals surface area contributed by atoms with Gasteiger partial charge in [0.05, 0.1) is 0 Å². The smallest absolute Gasteiger partial charge is 0.0322 e. The molecule has 19 heavy (non-hydrogen) atoms. The summed E-state index contributed by atoms with van der Waals surface area (Å²) in [5.41, 5.74) is 4.27. The Morgan fingerprint density at radius 2 is 1.68 bits per heavy atom. The summed E-state index contributed by atoms with van der Waals surface area (Å²) in [7, 11) is 0. The van der Waals surface area contributed by atoms with E-state index in [9.17, 15) is 0 Å². The fraction of sp³-hybridized carbons (Fsp3) is 0.667. The lowest BCUT2D eigenvalue weighted by atomic mass is 9.83. The van der Waals surface area contributed by atoms with Crippen LogP contribution in [0.1, 0.15) is 68.2 Å². The molecule has 2 rings (SSSR count). The maximum Gasteiger partial charge on any atom is 0.0322 e. The van der Waals surface area contributed by atoms with E-state index in [0.717, 1.165) is 12.5 Å². The number of hydrogen-bond donors (Lipinski definition) is 1. The van der Waals surface area contributed by atoms with Gasteiger partial charge in [-0.1, -0.05) is 68.4 Å². The van der Waals surface area contributed by atoms with Crippen molar-refractivity contribution in [2.24, 2.45) is 5.92 Å². The number of nitrogens with one attached hydrogen (secondary N) is 1. The summed E-state index contributed by atoms with van der Waals surface area (Å²) in [6, 6.07) is 7.55. The van der Waals surface area contributed by atoms with Gasteiger partial charge in [0.15, 0.2) is 0 Å². The second kappa shape index (κ2) is 7.09. The van der Waals surface area contributed by atoms with Crippen molar-refractivity contribution in [3.05, 3.63) is 34.9 Å². The lowest BCUT2D eigenvalue weighted by Gasteiger charge is -2.27. The highest BCUT2D eigenvalue weighted by Crippen LogP contribution is 2.32. The van der Waals surface area contributed by atoms with Gasteiger partial charge in [0.25, 0.3) is 0 Å². The predicted molar refractivity (Wildman–Crippen MR) is 83.5 cm³/mol. The van der Waals surface area contributed by atoms with Gasteiger partial charge >= 0.3 is 0 Å². The molecule has 1 nitrogen and oxygen atoms in total. The van der Waals surface area contributed by atoms with Crippen molar-refractivity contribution < 1.29 is 0 Å². The van der Waals surface area contributed by atoms with Crippen LogP contribution >= 0.6 is 0 Å². The van der Waals surface area contributed by atoms with Crippen LogP contribution in [0.4, 0.5) is 0 Å². The zero-order valence-corrected chi connectivity index (χ0v) is 12.8. The van der Waals surface area contributed by atoms with Crippen LogP contribution in [0, 0.1) is 19.8 Å². The maximum absolute atomic E-state index is 3.70. The molecule has 106 valence electrons. The van der Waals surface area contributed by atoms with Crippen LogP contribution in [0.25, 0.3) is 0 Å². The van der Waals surface area contributed by atoms with Gasteiger partial charge in [-0.15, -0.1) is 0 Å². The quantitative estimate of drug-likeness (QED) is 0.791. The highest BCUT2D eigenvalue weighted by molar-refractivity contribution is 5.30. The molecule has 1 N–H and O–H groups in total.